The lowest BCUT2D eigenvalue weighted by molar-refractivity contribution is -0.305. The van der Waals surface area contributed by atoms with Crippen molar-refractivity contribution in [3.63, 3.8) is 0 Å². The SMILES string of the molecule is CC/C=C\C/C=C\C/C=C\C/C=C\C/C=C\CCCC(=O)OC(COCCCCCCCCCCCCCCCC/C=C\C/C=C\CCCCCCC)COC1OC(CO)C(O)C(O)C1O. The third kappa shape index (κ3) is 37.4. The number of unbranched alkanes of at least 4 members (excludes halogenated alkanes) is 20. The Labute approximate surface area is 403 Å². The van der Waals surface area contributed by atoms with Gasteiger partial charge in [0.15, 0.2) is 6.29 Å². The van der Waals surface area contributed by atoms with Crippen molar-refractivity contribution in [2.24, 2.45) is 0 Å². The number of carbonyl (C=O) groups excluding carboxylic acids is 1. The molecule has 6 unspecified atom stereocenters. The Morgan fingerprint density at radius 3 is 1.39 bits per heavy atom. The normalized spacial score (nSPS) is 20.0. The number of esters is 1. The first-order chi connectivity index (χ1) is 32.4. The summed E-state index contributed by atoms with van der Waals surface area (Å²) in [6.45, 7) is 4.37. The molecule has 66 heavy (non-hydrogen) atoms. The van der Waals surface area contributed by atoms with Gasteiger partial charge in [-0.2, -0.15) is 0 Å². The van der Waals surface area contributed by atoms with Crippen LogP contribution in [0.5, 0.6) is 0 Å². The van der Waals surface area contributed by atoms with Crippen LogP contribution in [0.25, 0.3) is 0 Å². The lowest BCUT2D eigenvalue weighted by Crippen LogP contribution is -2.59. The van der Waals surface area contributed by atoms with Crippen molar-refractivity contribution in [2.75, 3.05) is 26.4 Å². The maximum absolute atomic E-state index is 12.8. The minimum absolute atomic E-state index is 0.118. The zero-order valence-corrected chi connectivity index (χ0v) is 41.9. The van der Waals surface area contributed by atoms with Crippen LogP contribution >= 0.6 is 0 Å². The topological polar surface area (TPSA) is 135 Å². The van der Waals surface area contributed by atoms with Crippen molar-refractivity contribution < 1.29 is 44.2 Å². The van der Waals surface area contributed by atoms with Gasteiger partial charge in [-0.15, -0.1) is 0 Å². The minimum Gasteiger partial charge on any atom is -0.457 e. The number of aliphatic hydroxyl groups is 4. The lowest BCUT2D eigenvalue weighted by atomic mass is 9.99. The number of carbonyl (C=O) groups is 1. The quantitative estimate of drug-likeness (QED) is 0.0267. The van der Waals surface area contributed by atoms with Crippen LogP contribution in [0.2, 0.25) is 0 Å². The van der Waals surface area contributed by atoms with Gasteiger partial charge in [0.1, 0.15) is 30.5 Å². The molecule has 0 bridgehead atoms. The van der Waals surface area contributed by atoms with E-state index in [-0.39, 0.29) is 25.6 Å². The van der Waals surface area contributed by atoms with Gasteiger partial charge in [0.05, 0.1) is 19.8 Å². The van der Waals surface area contributed by atoms with E-state index in [9.17, 15) is 25.2 Å². The van der Waals surface area contributed by atoms with Gasteiger partial charge in [0.25, 0.3) is 0 Å². The number of ether oxygens (including phenoxy) is 4. The lowest BCUT2D eigenvalue weighted by Gasteiger charge is -2.39. The molecule has 4 N–H and O–H groups in total. The van der Waals surface area contributed by atoms with E-state index < -0.39 is 43.4 Å². The maximum Gasteiger partial charge on any atom is 0.306 e. The molecule has 1 aliphatic rings. The molecule has 0 amide bonds. The summed E-state index contributed by atoms with van der Waals surface area (Å²) in [4.78, 5) is 12.8. The van der Waals surface area contributed by atoms with Crippen LogP contribution in [-0.4, -0.2) is 89.6 Å². The predicted octanol–water partition coefficient (Wildman–Crippen LogP) is 13.4. The number of hydrogen-bond acceptors (Lipinski definition) is 9. The Balaban J connectivity index is 2.20. The molecule has 1 fully saturated rings. The minimum atomic E-state index is -1.55. The van der Waals surface area contributed by atoms with E-state index in [0.717, 1.165) is 57.8 Å². The second-order valence-corrected chi connectivity index (χ2v) is 17.9. The highest BCUT2D eigenvalue weighted by molar-refractivity contribution is 5.69. The molecular weight excluding hydrogens is 829 g/mol. The summed E-state index contributed by atoms with van der Waals surface area (Å²) in [5.41, 5.74) is 0. The summed E-state index contributed by atoms with van der Waals surface area (Å²) in [6, 6.07) is 0. The number of allylic oxidation sites excluding steroid dienone is 14. The van der Waals surface area contributed by atoms with Gasteiger partial charge < -0.3 is 39.4 Å². The Kier molecular flexibility index (Phi) is 44.1. The van der Waals surface area contributed by atoms with Gasteiger partial charge in [-0.05, 0) is 83.5 Å². The first-order valence-corrected chi connectivity index (χ1v) is 26.7. The Morgan fingerprint density at radius 1 is 0.500 bits per heavy atom. The van der Waals surface area contributed by atoms with Gasteiger partial charge in [-0.25, -0.2) is 0 Å². The molecular formula is C57H98O9. The molecule has 9 heteroatoms. The largest absolute Gasteiger partial charge is 0.457 e. The fraction of sp³-hybridized carbons (Fsp3) is 0.737. The Morgan fingerprint density at radius 2 is 0.924 bits per heavy atom. The predicted molar refractivity (Wildman–Crippen MR) is 274 cm³/mol. The van der Waals surface area contributed by atoms with Crippen LogP contribution in [0.1, 0.15) is 206 Å². The molecule has 9 nitrogen and oxygen atoms in total. The van der Waals surface area contributed by atoms with E-state index in [1.165, 1.54) is 122 Å². The average molecular weight is 927 g/mol. The average Bonchev–Trinajstić information content (AvgIpc) is 3.32. The van der Waals surface area contributed by atoms with Crippen molar-refractivity contribution in [3.8, 4) is 0 Å². The van der Waals surface area contributed by atoms with Crippen LogP contribution in [0, 0.1) is 0 Å². The Hall–Kier alpha value is -2.63. The highest BCUT2D eigenvalue weighted by Crippen LogP contribution is 2.23. The first-order valence-electron chi connectivity index (χ1n) is 26.7. The van der Waals surface area contributed by atoms with Crippen molar-refractivity contribution in [2.45, 2.75) is 243 Å². The van der Waals surface area contributed by atoms with E-state index in [1.807, 2.05) is 0 Å². The molecule has 1 saturated heterocycles. The zero-order chi connectivity index (χ0) is 47.8. The fourth-order valence-corrected chi connectivity index (χ4v) is 7.68. The summed E-state index contributed by atoms with van der Waals surface area (Å²) >= 11 is 0. The van der Waals surface area contributed by atoms with E-state index in [0.29, 0.717) is 13.0 Å². The van der Waals surface area contributed by atoms with Crippen LogP contribution < -0.4 is 0 Å². The summed E-state index contributed by atoms with van der Waals surface area (Å²) < 4.78 is 22.8. The molecule has 1 heterocycles. The van der Waals surface area contributed by atoms with Crippen molar-refractivity contribution in [3.05, 3.63) is 85.1 Å². The first kappa shape index (κ1) is 61.4. The highest BCUT2D eigenvalue weighted by atomic mass is 16.7. The molecule has 0 saturated carbocycles. The molecule has 380 valence electrons. The van der Waals surface area contributed by atoms with E-state index in [2.05, 4.69) is 98.9 Å². The standard InChI is InChI=1S/C57H98O9/c1-3-5-7-9-11-13-15-17-19-21-22-23-24-25-26-27-28-29-31-33-35-37-39-41-43-45-47-63-49-51(50-64-57-56(62)55(61)54(60)52(48-58)66-57)65-53(59)46-44-42-40-38-36-34-32-30-20-18-16-14-12-10-8-6-4-2/h6,8,12,14-15,17-18,20-22,32,34,38,40,51-52,54-58,60-62H,3-5,7,9-11,13,16,19,23-31,33,35-37,39,41-50H2,1-2H3/b8-6-,14-12-,17-15-,20-18-,22-21-,34-32-,40-38-. The molecule has 1 aliphatic heterocycles. The summed E-state index contributed by atoms with van der Waals surface area (Å²) in [5.74, 6) is -0.371. The molecule has 0 aromatic carbocycles. The van der Waals surface area contributed by atoms with E-state index in [4.69, 9.17) is 18.9 Å². The van der Waals surface area contributed by atoms with Gasteiger partial charge in [0.2, 0.25) is 0 Å². The molecule has 0 radical (unpaired) electrons. The number of rotatable bonds is 45. The second-order valence-electron chi connectivity index (χ2n) is 17.9. The Bertz CT molecular complexity index is 1280. The molecule has 0 aromatic heterocycles. The maximum atomic E-state index is 12.8. The summed E-state index contributed by atoms with van der Waals surface area (Å²) in [6.07, 6.45) is 57.8. The van der Waals surface area contributed by atoms with Crippen molar-refractivity contribution in [1.29, 1.82) is 0 Å². The molecule has 6 atom stereocenters. The zero-order valence-electron chi connectivity index (χ0n) is 41.9. The summed E-state index contributed by atoms with van der Waals surface area (Å²) in [7, 11) is 0. The van der Waals surface area contributed by atoms with Crippen LogP contribution in [0.4, 0.5) is 0 Å². The molecule has 0 aromatic rings. The van der Waals surface area contributed by atoms with Crippen molar-refractivity contribution >= 4 is 5.97 Å². The number of aliphatic hydroxyl groups excluding tert-OH is 4. The smallest absolute Gasteiger partial charge is 0.306 e. The molecule has 1 rings (SSSR count). The third-order valence-corrected chi connectivity index (χ3v) is 11.8. The third-order valence-electron chi connectivity index (χ3n) is 11.8. The van der Waals surface area contributed by atoms with Gasteiger partial charge in [-0.3, -0.25) is 4.79 Å². The van der Waals surface area contributed by atoms with Gasteiger partial charge >= 0.3 is 5.97 Å². The fourth-order valence-electron chi connectivity index (χ4n) is 7.68. The number of hydrogen-bond donors (Lipinski definition) is 4. The van der Waals surface area contributed by atoms with Gasteiger partial charge in [-0.1, -0.05) is 202 Å². The van der Waals surface area contributed by atoms with Gasteiger partial charge in [0, 0.05) is 13.0 Å². The van der Waals surface area contributed by atoms with Crippen molar-refractivity contribution in [1.82, 2.24) is 0 Å². The molecule has 0 spiro atoms. The van der Waals surface area contributed by atoms with Crippen LogP contribution in [0.3, 0.4) is 0 Å². The monoisotopic (exact) mass is 927 g/mol. The highest BCUT2D eigenvalue weighted by Gasteiger charge is 2.44. The van der Waals surface area contributed by atoms with Crippen LogP contribution in [-0.2, 0) is 23.7 Å². The summed E-state index contributed by atoms with van der Waals surface area (Å²) in [5, 5.41) is 40.3. The van der Waals surface area contributed by atoms with Crippen LogP contribution in [0.15, 0.2) is 85.1 Å². The van der Waals surface area contributed by atoms with E-state index in [1.54, 1.807) is 0 Å². The second kappa shape index (κ2) is 47.4. The molecule has 0 aliphatic carbocycles. The van der Waals surface area contributed by atoms with E-state index >= 15 is 0 Å².